The molecule has 0 fully saturated rings. The molecule has 0 saturated heterocycles. The average Bonchev–Trinajstić information content (AvgIpc) is 2.62. The van der Waals surface area contributed by atoms with Crippen LogP contribution >= 0.6 is 0 Å². The molecule has 3 heteroatoms. The van der Waals surface area contributed by atoms with Crippen LogP contribution in [0.2, 0.25) is 0 Å². The van der Waals surface area contributed by atoms with E-state index < -0.39 is 0 Å². The van der Waals surface area contributed by atoms with Crippen molar-refractivity contribution in [3.63, 3.8) is 0 Å². The lowest BCUT2D eigenvalue weighted by Crippen LogP contribution is -2.21. The highest BCUT2D eigenvalue weighted by molar-refractivity contribution is 5.37. The summed E-state index contributed by atoms with van der Waals surface area (Å²) in [5, 5.41) is 7.82. The molecule has 0 aliphatic heterocycles. The molecule has 1 N–H and O–H groups in total. The van der Waals surface area contributed by atoms with Crippen molar-refractivity contribution in [3.8, 4) is 0 Å². The Balaban J connectivity index is 2.48. The third-order valence-corrected chi connectivity index (χ3v) is 3.36. The van der Waals surface area contributed by atoms with Crippen molar-refractivity contribution < 1.29 is 0 Å². The fraction of sp³-hybridized carbons (Fsp3) is 0.400. The van der Waals surface area contributed by atoms with Gasteiger partial charge >= 0.3 is 0 Å². The molecule has 3 nitrogen and oxygen atoms in total. The SMILES string of the molecule is CNC(c1ccc(C)cc1C)c1cc(C)nn1C. The predicted molar refractivity (Wildman–Crippen MR) is 74.8 cm³/mol. The molecule has 1 heterocycles. The highest BCUT2D eigenvalue weighted by Gasteiger charge is 2.18. The second-order valence-corrected chi connectivity index (χ2v) is 4.92. The van der Waals surface area contributed by atoms with Gasteiger partial charge in [0.05, 0.1) is 17.4 Å². The van der Waals surface area contributed by atoms with Crippen molar-refractivity contribution in [1.29, 1.82) is 0 Å². The second kappa shape index (κ2) is 4.94. The summed E-state index contributed by atoms with van der Waals surface area (Å²) < 4.78 is 1.95. The van der Waals surface area contributed by atoms with Gasteiger partial charge in [0, 0.05) is 7.05 Å². The number of rotatable bonds is 3. The monoisotopic (exact) mass is 243 g/mol. The largest absolute Gasteiger partial charge is 0.308 e. The van der Waals surface area contributed by atoms with E-state index in [1.165, 1.54) is 22.4 Å². The highest BCUT2D eigenvalue weighted by atomic mass is 15.3. The molecule has 1 aromatic heterocycles. The van der Waals surface area contributed by atoms with E-state index in [-0.39, 0.29) is 6.04 Å². The molecule has 1 atom stereocenters. The van der Waals surface area contributed by atoms with E-state index in [2.05, 4.69) is 48.5 Å². The summed E-state index contributed by atoms with van der Waals surface area (Å²) in [5.74, 6) is 0. The first-order valence-electron chi connectivity index (χ1n) is 6.28. The molecule has 0 bridgehead atoms. The van der Waals surface area contributed by atoms with Gasteiger partial charge in [0.25, 0.3) is 0 Å². The number of aromatic nitrogens is 2. The van der Waals surface area contributed by atoms with E-state index >= 15 is 0 Å². The number of hydrogen-bond acceptors (Lipinski definition) is 2. The summed E-state index contributed by atoms with van der Waals surface area (Å²) in [4.78, 5) is 0. The molecule has 2 rings (SSSR count). The van der Waals surface area contributed by atoms with Crippen LogP contribution in [-0.2, 0) is 7.05 Å². The molecule has 0 radical (unpaired) electrons. The molecule has 0 aliphatic carbocycles. The van der Waals surface area contributed by atoms with E-state index in [9.17, 15) is 0 Å². The first-order chi connectivity index (χ1) is 8.52. The number of hydrogen-bond donors (Lipinski definition) is 1. The number of aryl methyl sites for hydroxylation is 4. The fourth-order valence-electron chi connectivity index (χ4n) is 2.51. The quantitative estimate of drug-likeness (QED) is 0.898. The van der Waals surface area contributed by atoms with Gasteiger partial charge in [-0.3, -0.25) is 4.68 Å². The predicted octanol–water partition coefficient (Wildman–Crippen LogP) is 2.65. The zero-order valence-corrected chi connectivity index (χ0v) is 11.8. The van der Waals surface area contributed by atoms with Crippen LogP contribution in [0, 0.1) is 20.8 Å². The van der Waals surface area contributed by atoms with E-state index in [0.717, 1.165) is 5.69 Å². The number of nitrogens with one attached hydrogen (secondary N) is 1. The minimum absolute atomic E-state index is 0.191. The third kappa shape index (κ3) is 2.31. The maximum absolute atomic E-state index is 4.43. The topological polar surface area (TPSA) is 29.9 Å². The first kappa shape index (κ1) is 12.8. The van der Waals surface area contributed by atoms with Crippen molar-refractivity contribution in [1.82, 2.24) is 15.1 Å². The van der Waals surface area contributed by atoms with Crippen LogP contribution in [0.15, 0.2) is 24.3 Å². The normalized spacial score (nSPS) is 12.7. The average molecular weight is 243 g/mol. The molecule has 0 amide bonds. The van der Waals surface area contributed by atoms with Crippen LogP contribution < -0.4 is 5.32 Å². The number of benzene rings is 1. The van der Waals surface area contributed by atoms with E-state index in [4.69, 9.17) is 0 Å². The zero-order chi connectivity index (χ0) is 13.3. The van der Waals surface area contributed by atoms with Crippen LogP contribution in [-0.4, -0.2) is 16.8 Å². The molecule has 1 unspecified atom stereocenters. The smallest absolute Gasteiger partial charge is 0.0748 e. The molecular formula is C15H21N3. The van der Waals surface area contributed by atoms with E-state index in [1.807, 2.05) is 25.7 Å². The van der Waals surface area contributed by atoms with Crippen LogP contribution in [0.5, 0.6) is 0 Å². The van der Waals surface area contributed by atoms with E-state index in [0.29, 0.717) is 0 Å². The Labute approximate surface area is 109 Å². The van der Waals surface area contributed by atoms with Gasteiger partial charge < -0.3 is 5.32 Å². The first-order valence-corrected chi connectivity index (χ1v) is 6.28. The Kier molecular flexibility index (Phi) is 3.53. The lowest BCUT2D eigenvalue weighted by Gasteiger charge is -2.19. The summed E-state index contributed by atoms with van der Waals surface area (Å²) >= 11 is 0. The summed E-state index contributed by atoms with van der Waals surface area (Å²) in [7, 11) is 3.99. The molecule has 0 saturated carbocycles. The van der Waals surface area contributed by atoms with Crippen molar-refractivity contribution in [2.45, 2.75) is 26.8 Å². The van der Waals surface area contributed by atoms with Gasteiger partial charge in [0.1, 0.15) is 0 Å². The summed E-state index contributed by atoms with van der Waals surface area (Å²) in [6.07, 6.45) is 0. The Morgan fingerprint density at radius 1 is 1.17 bits per heavy atom. The van der Waals surface area contributed by atoms with E-state index in [1.54, 1.807) is 0 Å². The Hall–Kier alpha value is -1.61. The fourth-order valence-corrected chi connectivity index (χ4v) is 2.51. The van der Waals surface area contributed by atoms with Crippen LogP contribution in [0.3, 0.4) is 0 Å². The summed E-state index contributed by atoms with van der Waals surface area (Å²) in [6.45, 7) is 6.31. The van der Waals surface area contributed by atoms with Gasteiger partial charge in [-0.2, -0.15) is 5.10 Å². The van der Waals surface area contributed by atoms with Crippen LogP contribution in [0.4, 0.5) is 0 Å². The van der Waals surface area contributed by atoms with Crippen molar-refractivity contribution >= 4 is 0 Å². The van der Waals surface area contributed by atoms with Crippen molar-refractivity contribution in [3.05, 3.63) is 52.3 Å². The minimum atomic E-state index is 0.191. The van der Waals surface area contributed by atoms with Crippen LogP contribution in [0.25, 0.3) is 0 Å². The van der Waals surface area contributed by atoms with Crippen LogP contribution in [0.1, 0.15) is 34.1 Å². The van der Waals surface area contributed by atoms with Crippen molar-refractivity contribution in [2.24, 2.45) is 7.05 Å². The Morgan fingerprint density at radius 2 is 1.89 bits per heavy atom. The second-order valence-electron chi connectivity index (χ2n) is 4.92. The Bertz CT molecular complexity index is 555. The summed E-state index contributed by atoms with van der Waals surface area (Å²) in [6, 6.07) is 8.92. The van der Waals surface area contributed by atoms with Gasteiger partial charge in [-0.05, 0) is 45.0 Å². The molecule has 96 valence electrons. The van der Waals surface area contributed by atoms with Gasteiger partial charge in [0.2, 0.25) is 0 Å². The molecular weight excluding hydrogens is 222 g/mol. The zero-order valence-electron chi connectivity index (χ0n) is 11.8. The number of nitrogens with zero attached hydrogens (tertiary/aromatic N) is 2. The maximum atomic E-state index is 4.43. The standard InChI is InChI=1S/C15H21N3/c1-10-6-7-13(11(2)8-10)15(16-4)14-9-12(3)17-18(14)5/h6-9,15-16H,1-5H3. The van der Waals surface area contributed by atoms with Gasteiger partial charge in [-0.1, -0.05) is 23.8 Å². The molecule has 0 spiro atoms. The van der Waals surface area contributed by atoms with Gasteiger partial charge in [0.15, 0.2) is 0 Å². The molecule has 1 aromatic carbocycles. The van der Waals surface area contributed by atoms with Gasteiger partial charge in [-0.15, -0.1) is 0 Å². The summed E-state index contributed by atoms with van der Waals surface area (Å²) in [5.41, 5.74) is 6.17. The maximum Gasteiger partial charge on any atom is 0.0748 e. The minimum Gasteiger partial charge on any atom is -0.308 e. The van der Waals surface area contributed by atoms with Crippen molar-refractivity contribution in [2.75, 3.05) is 7.05 Å². The lowest BCUT2D eigenvalue weighted by molar-refractivity contribution is 0.602. The van der Waals surface area contributed by atoms with Gasteiger partial charge in [-0.25, -0.2) is 0 Å². The molecule has 18 heavy (non-hydrogen) atoms. The lowest BCUT2D eigenvalue weighted by atomic mass is 9.97. The third-order valence-electron chi connectivity index (χ3n) is 3.36. The molecule has 0 aliphatic rings. The Morgan fingerprint density at radius 3 is 2.39 bits per heavy atom. The highest BCUT2D eigenvalue weighted by Crippen LogP contribution is 2.25. The molecule has 2 aromatic rings.